The lowest BCUT2D eigenvalue weighted by molar-refractivity contribution is 0.255. The summed E-state index contributed by atoms with van der Waals surface area (Å²) in [6, 6.07) is 4.06. The highest BCUT2D eigenvalue weighted by Crippen LogP contribution is 2.47. The molecule has 0 spiro atoms. The van der Waals surface area contributed by atoms with E-state index in [4.69, 9.17) is 5.11 Å². The maximum absolute atomic E-state index is 9.15. The van der Waals surface area contributed by atoms with Crippen LogP contribution >= 0.6 is 22.6 Å². The first-order valence-electron chi connectivity index (χ1n) is 4.00. The van der Waals surface area contributed by atoms with Crippen molar-refractivity contribution in [3.63, 3.8) is 0 Å². The lowest BCUT2D eigenvalue weighted by Gasteiger charge is -2.10. The Morgan fingerprint density at radius 1 is 1.50 bits per heavy atom. The van der Waals surface area contributed by atoms with Crippen LogP contribution in [0.2, 0.25) is 0 Å². The van der Waals surface area contributed by atoms with Gasteiger partial charge >= 0.3 is 0 Å². The predicted octanol–water partition coefficient (Wildman–Crippen LogP) is 1.71. The van der Waals surface area contributed by atoms with Crippen molar-refractivity contribution in [2.45, 2.75) is 18.3 Å². The van der Waals surface area contributed by atoms with E-state index in [1.165, 1.54) is 5.56 Å². The molecule has 0 aromatic carbocycles. The fourth-order valence-electron chi connectivity index (χ4n) is 1.38. The van der Waals surface area contributed by atoms with E-state index in [2.05, 4.69) is 33.6 Å². The highest BCUT2D eigenvalue weighted by Gasteiger charge is 2.43. The monoisotopic (exact) mass is 275 g/mol. The molecule has 0 atom stereocenters. The Morgan fingerprint density at radius 3 is 2.67 bits per heavy atom. The molecular formula is C9H10INO. The van der Waals surface area contributed by atoms with Gasteiger partial charge in [0.2, 0.25) is 0 Å². The highest BCUT2D eigenvalue weighted by atomic mass is 127. The Balaban J connectivity index is 2.29. The van der Waals surface area contributed by atoms with Crippen LogP contribution in [0, 0.1) is 3.70 Å². The number of aliphatic hydroxyl groups is 1. The summed E-state index contributed by atoms with van der Waals surface area (Å²) in [6.45, 7) is 0.259. The van der Waals surface area contributed by atoms with Crippen molar-refractivity contribution in [2.24, 2.45) is 0 Å². The smallest absolute Gasteiger partial charge is 0.101 e. The summed E-state index contributed by atoms with van der Waals surface area (Å²) in [6.07, 6.45) is 4.09. The van der Waals surface area contributed by atoms with Crippen LogP contribution in [0.15, 0.2) is 18.3 Å². The average Bonchev–Trinajstić information content (AvgIpc) is 2.86. The molecular weight excluding hydrogens is 265 g/mol. The Hall–Kier alpha value is -0.160. The molecule has 1 fully saturated rings. The molecule has 0 saturated heterocycles. The van der Waals surface area contributed by atoms with E-state index in [1.54, 1.807) is 0 Å². The van der Waals surface area contributed by atoms with Crippen LogP contribution in [-0.2, 0) is 5.41 Å². The molecule has 0 aliphatic heterocycles. The van der Waals surface area contributed by atoms with Gasteiger partial charge < -0.3 is 5.11 Å². The van der Waals surface area contributed by atoms with Crippen LogP contribution < -0.4 is 0 Å². The fourth-order valence-corrected chi connectivity index (χ4v) is 1.70. The van der Waals surface area contributed by atoms with Crippen LogP contribution in [0.3, 0.4) is 0 Å². The lowest BCUT2D eigenvalue weighted by atomic mass is 9.99. The van der Waals surface area contributed by atoms with E-state index in [-0.39, 0.29) is 12.0 Å². The number of rotatable bonds is 2. The maximum atomic E-state index is 9.15. The molecule has 0 amide bonds. The van der Waals surface area contributed by atoms with E-state index < -0.39 is 0 Å². The topological polar surface area (TPSA) is 33.1 Å². The van der Waals surface area contributed by atoms with Gasteiger partial charge in [-0.25, -0.2) is 0 Å². The van der Waals surface area contributed by atoms with Crippen LogP contribution in [0.4, 0.5) is 0 Å². The first-order valence-corrected chi connectivity index (χ1v) is 5.08. The zero-order valence-electron chi connectivity index (χ0n) is 6.63. The summed E-state index contributed by atoms with van der Waals surface area (Å²) in [4.78, 5) is 4.21. The van der Waals surface area contributed by atoms with Crippen molar-refractivity contribution >= 4 is 22.6 Å². The third-order valence-electron chi connectivity index (χ3n) is 2.50. The molecule has 1 saturated carbocycles. The molecule has 1 aromatic rings. The molecule has 64 valence electrons. The summed E-state index contributed by atoms with van der Waals surface area (Å²) in [7, 11) is 0. The number of aromatic nitrogens is 1. The van der Waals surface area contributed by atoms with Crippen molar-refractivity contribution in [3.05, 3.63) is 27.6 Å². The van der Waals surface area contributed by atoms with Crippen LogP contribution in [0.25, 0.3) is 0 Å². The quantitative estimate of drug-likeness (QED) is 0.658. The van der Waals surface area contributed by atoms with Crippen molar-refractivity contribution in [1.82, 2.24) is 4.98 Å². The van der Waals surface area contributed by atoms with Gasteiger partial charge in [-0.1, -0.05) is 6.07 Å². The second-order valence-corrected chi connectivity index (χ2v) is 4.41. The Kier molecular flexibility index (Phi) is 2.08. The Labute approximate surface area is 85.2 Å². The van der Waals surface area contributed by atoms with E-state index in [0.29, 0.717) is 0 Å². The molecule has 2 nitrogen and oxygen atoms in total. The average molecular weight is 275 g/mol. The van der Waals surface area contributed by atoms with Gasteiger partial charge in [0.1, 0.15) is 3.70 Å². The second kappa shape index (κ2) is 2.96. The largest absolute Gasteiger partial charge is 0.395 e. The van der Waals surface area contributed by atoms with Gasteiger partial charge in [-0.05, 0) is 47.1 Å². The van der Waals surface area contributed by atoms with Gasteiger partial charge in [0.25, 0.3) is 0 Å². The minimum absolute atomic E-state index is 0.0668. The second-order valence-electron chi connectivity index (χ2n) is 3.31. The maximum Gasteiger partial charge on any atom is 0.101 e. The number of hydrogen-bond donors (Lipinski definition) is 1. The molecule has 0 unspecified atom stereocenters. The minimum atomic E-state index is 0.0668. The summed E-state index contributed by atoms with van der Waals surface area (Å²) < 4.78 is 1.00. The van der Waals surface area contributed by atoms with Crippen molar-refractivity contribution < 1.29 is 5.11 Å². The van der Waals surface area contributed by atoms with E-state index in [9.17, 15) is 0 Å². The molecule has 0 bridgehead atoms. The molecule has 2 rings (SSSR count). The Morgan fingerprint density at radius 2 is 2.25 bits per heavy atom. The van der Waals surface area contributed by atoms with Crippen molar-refractivity contribution in [1.29, 1.82) is 0 Å². The first kappa shape index (κ1) is 8.44. The van der Waals surface area contributed by atoms with Gasteiger partial charge in [-0.15, -0.1) is 0 Å². The van der Waals surface area contributed by atoms with Gasteiger partial charge in [-0.2, -0.15) is 0 Å². The molecule has 1 heterocycles. The zero-order chi connectivity index (χ0) is 8.60. The molecule has 1 aliphatic rings. The van der Waals surface area contributed by atoms with Gasteiger partial charge in [0.05, 0.1) is 6.61 Å². The molecule has 0 radical (unpaired) electrons. The van der Waals surface area contributed by atoms with Crippen LogP contribution in [0.1, 0.15) is 18.4 Å². The highest BCUT2D eigenvalue weighted by molar-refractivity contribution is 14.1. The van der Waals surface area contributed by atoms with Gasteiger partial charge in [0, 0.05) is 11.6 Å². The van der Waals surface area contributed by atoms with E-state index in [1.807, 2.05) is 12.3 Å². The Bertz CT molecular complexity index is 279. The molecule has 12 heavy (non-hydrogen) atoms. The normalized spacial score (nSPS) is 19.2. The first-order chi connectivity index (χ1) is 5.77. The molecule has 3 heteroatoms. The predicted molar refractivity (Wildman–Crippen MR) is 55.0 cm³/mol. The summed E-state index contributed by atoms with van der Waals surface area (Å²) in [5.74, 6) is 0. The molecule has 1 aromatic heterocycles. The van der Waals surface area contributed by atoms with Crippen LogP contribution in [-0.4, -0.2) is 16.7 Å². The minimum Gasteiger partial charge on any atom is -0.395 e. The van der Waals surface area contributed by atoms with Gasteiger partial charge in [-0.3, -0.25) is 4.98 Å². The summed E-state index contributed by atoms with van der Waals surface area (Å²) >= 11 is 2.18. The lowest BCUT2D eigenvalue weighted by Crippen LogP contribution is -2.11. The van der Waals surface area contributed by atoms with E-state index in [0.717, 1.165) is 16.5 Å². The molecule has 1 aliphatic carbocycles. The summed E-state index contributed by atoms with van der Waals surface area (Å²) in [5.41, 5.74) is 1.25. The number of nitrogens with zero attached hydrogens (tertiary/aromatic N) is 1. The van der Waals surface area contributed by atoms with Crippen molar-refractivity contribution in [2.75, 3.05) is 6.61 Å². The third-order valence-corrected chi connectivity index (χ3v) is 3.13. The van der Waals surface area contributed by atoms with Crippen molar-refractivity contribution in [3.8, 4) is 0 Å². The standard InChI is InChI=1S/C9H10INO/c10-8-2-1-7(5-11-8)9(6-12)3-4-9/h1-2,5,12H,3-4,6H2. The number of hydrogen-bond acceptors (Lipinski definition) is 2. The van der Waals surface area contributed by atoms with Gasteiger partial charge in [0.15, 0.2) is 0 Å². The summed E-state index contributed by atoms with van der Waals surface area (Å²) in [5, 5.41) is 9.15. The SMILES string of the molecule is OCC1(c2ccc(I)nc2)CC1. The fraction of sp³-hybridized carbons (Fsp3) is 0.444. The van der Waals surface area contributed by atoms with E-state index >= 15 is 0 Å². The number of aliphatic hydroxyl groups excluding tert-OH is 1. The molecule has 1 N–H and O–H groups in total. The third kappa shape index (κ3) is 1.35. The zero-order valence-corrected chi connectivity index (χ0v) is 8.78. The van der Waals surface area contributed by atoms with Crippen LogP contribution in [0.5, 0.6) is 0 Å². The number of pyridine rings is 1. The number of halogens is 1.